The summed E-state index contributed by atoms with van der Waals surface area (Å²) >= 11 is 1.21. The summed E-state index contributed by atoms with van der Waals surface area (Å²) in [4.78, 5) is 12.5. The van der Waals surface area contributed by atoms with Crippen molar-refractivity contribution in [3.05, 3.63) is 17.0 Å². The summed E-state index contributed by atoms with van der Waals surface area (Å²) in [5.41, 5.74) is 4.87. The van der Waals surface area contributed by atoms with Crippen molar-refractivity contribution in [1.29, 1.82) is 0 Å². The van der Waals surface area contributed by atoms with Crippen molar-refractivity contribution >= 4 is 27.3 Å². The van der Waals surface area contributed by atoms with Gasteiger partial charge in [0.2, 0.25) is 5.91 Å². The van der Waals surface area contributed by atoms with Crippen LogP contribution in [0.4, 0.5) is 0 Å². The summed E-state index contributed by atoms with van der Waals surface area (Å²) < 4.78 is 27.5. The van der Waals surface area contributed by atoms with Gasteiger partial charge in [0.15, 0.2) is 0 Å². The van der Waals surface area contributed by atoms with E-state index in [1.165, 1.54) is 11.3 Å². The third kappa shape index (κ3) is 6.99. The molecule has 6 nitrogen and oxygen atoms in total. The predicted octanol–water partition coefficient (Wildman–Crippen LogP) is 1.47. The fourth-order valence-corrected chi connectivity index (χ4v) is 4.64. The standard InChI is InChI=1S/C15H27N3O3S2/c1-11(2)9-13(19)17-8-7-12-5-6-14(22-12)23(20,21)18-15(3,4)10-16/h5-6,11,18H,7-10,16H2,1-4H3,(H,17,19). The van der Waals surface area contributed by atoms with Gasteiger partial charge >= 0.3 is 0 Å². The Labute approximate surface area is 142 Å². The van der Waals surface area contributed by atoms with E-state index >= 15 is 0 Å². The van der Waals surface area contributed by atoms with Crippen molar-refractivity contribution in [2.45, 2.75) is 50.3 Å². The molecule has 132 valence electrons. The normalized spacial score (nSPS) is 12.6. The predicted molar refractivity (Wildman–Crippen MR) is 93.9 cm³/mol. The summed E-state index contributed by atoms with van der Waals surface area (Å²) in [7, 11) is -3.57. The first-order valence-electron chi connectivity index (χ1n) is 7.65. The van der Waals surface area contributed by atoms with Crippen LogP contribution in [0.5, 0.6) is 0 Å². The molecule has 0 atom stereocenters. The van der Waals surface area contributed by atoms with Gasteiger partial charge in [-0.3, -0.25) is 4.79 Å². The van der Waals surface area contributed by atoms with Crippen LogP contribution in [-0.2, 0) is 21.2 Å². The van der Waals surface area contributed by atoms with E-state index in [1.54, 1.807) is 26.0 Å². The molecule has 23 heavy (non-hydrogen) atoms. The van der Waals surface area contributed by atoms with Crippen LogP contribution >= 0.6 is 11.3 Å². The number of hydrogen-bond donors (Lipinski definition) is 3. The average molecular weight is 362 g/mol. The van der Waals surface area contributed by atoms with Gasteiger partial charge in [0.25, 0.3) is 10.0 Å². The minimum atomic E-state index is -3.57. The zero-order valence-electron chi connectivity index (χ0n) is 14.2. The SMILES string of the molecule is CC(C)CC(=O)NCCc1ccc(S(=O)(=O)NC(C)(C)CN)s1. The zero-order chi connectivity index (χ0) is 17.7. The zero-order valence-corrected chi connectivity index (χ0v) is 15.8. The monoisotopic (exact) mass is 361 g/mol. The third-order valence-corrected chi connectivity index (χ3v) is 6.45. The molecule has 0 spiro atoms. The van der Waals surface area contributed by atoms with Gasteiger partial charge in [-0.25, -0.2) is 13.1 Å². The van der Waals surface area contributed by atoms with Crippen LogP contribution < -0.4 is 15.8 Å². The second kappa shape index (κ2) is 8.23. The minimum absolute atomic E-state index is 0.0239. The summed E-state index contributed by atoms with van der Waals surface area (Å²) in [6, 6.07) is 3.37. The Morgan fingerprint density at radius 3 is 2.57 bits per heavy atom. The quantitative estimate of drug-likeness (QED) is 0.620. The highest BCUT2D eigenvalue weighted by molar-refractivity contribution is 7.91. The largest absolute Gasteiger partial charge is 0.356 e. The molecule has 0 aromatic carbocycles. The molecule has 0 aliphatic carbocycles. The molecule has 0 aliphatic rings. The molecule has 8 heteroatoms. The molecule has 1 aromatic heterocycles. The number of thiophene rings is 1. The molecule has 0 unspecified atom stereocenters. The molecule has 0 bridgehead atoms. The van der Waals surface area contributed by atoms with Gasteiger partial charge in [-0.2, -0.15) is 0 Å². The number of rotatable bonds is 9. The van der Waals surface area contributed by atoms with E-state index in [0.717, 1.165) is 4.88 Å². The average Bonchev–Trinajstić information content (AvgIpc) is 2.86. The number of amides is 1. The van der Waals surface area contributed by atoms with E-state index in [-0.39, 0.29) is 16.7 Å². The highest BCUT2D eigenvalue weighted by Crippen LogP contribution is 2.23. The summed E-state index contributed by atoms with van der Waals surface area (Å²) in [5.74, 6) is 0.348. The lowest BCUT2D eigenvalue weighted by Gasteiger charge is -2.23. The van der Waals surface area contributed by atoms with Gasteiger partial charge in [0.05, 0.1) is 0 Å². The molecule has 0 radical (unpaired) electrons. The first-order chi connectivity index (χ1) is 10.6. The molecule has 0 fully saturated rings. The van der Waals surface area contributed by atoms with E-state index < -0.39 is 15.6 Å². The molecule has 1 rings (SSSR count). The van der Waals surface area contributed by atoms with Gasteiger partial charge in [-0.05, 0) is 38.3 Å². The van der Waals surface area contributed by atoms with Crippen LogP contribution in [0.25, 0.3) is 0 Å². The Morgan fingerprint density at radius 1 is 1.35 bits per heavy atom. The number of carbonyl (C=O) groups excluding carboxylic acids is 1. The lowest BCUT2D eigenvalue weighted by molar-refractivity contribution is -0.121. The number of hydrogen-bond acceptors (Lipinski definition) is 5. The van der Waals surface area contributed by atoms with E-state index in [1.807, 2.05) is 13.8 Å². The van der Waals surface area contributed by atoms with Crippen LogP contribution in [-0.4, -0.2) is 33.0 Å². The Hall–Kier alpha value is -0.960. The lowest BCUT2D eigenvalue weighted by atomic mass is 10.1. The van der Waals surface area contributed by atoms with Crippen molar-refractivity contribution in [1.82, 2.24) is 10.0 Å². The molecule has 1 heterocycles. The van der Waals surface area contributed by atoms with Crippen molar-refractivity contribution < 1.29 is 13.2 Å². The maximum atomic E-state index is 12.3. The van der Waals surface area contributed by atoms with Gasteiger partial charge < -0.3 is 11.1 Å². The highest BCUT2D eigenvalue weighted by Gasteiger charge is 2.26. The van der Waals surface area contributed by atoms with Crippen LogP contribution in [0, 0.1) is 5.92 Å². The molecule has 0 saturated heterocycles. The lowest BCUT2D eigenvalue weighted by Crippen LogP contribution is -2.48. The van der Waals surface area contributed by atoms with Gasteiger partial charge in [0.1, 0.15) is 4.21 Å². The van der Waals surface area contributed by atoms with Crippen LogP contribution in [0.1, 0.15) is 39.0 Å². The minimum Gasteiger partial charge on any atom is -0.356 e. The Morgan fingerprint density at radius 2 is 2.00 bits per heavy atom. The smallest absolute Gasteiger partial charge is 0.250 e. The van der Waals surface area contributed by atoms with Crippen molar-refractivity contribution in [3.8, 4) is 0 Å². The molecule has 4 N–H and O–H groups in total. The summed E-state index contributed by atoms with van der Waals surface area (Å²) in [5, 5.41) is 2.84. The maximum Gasteiger partial charge on any atom is 0.250 e. The van der Waals surface area contributed by atoms with E-state index in [9.17, 15) is 13.2 Å². The Balaban J connectivity index is 2.59. The first-order valence-corrected chi connectivity index (χ1v) is 9.95. The molecule has 0 saturated carbocycles. The van der Waals surface area contributed by atoms with E-state index in [2.05, 4.69) is 10.0 Å². The number of carbonyl (C=O) groups is 1. The second-order valence-corrected chi connectivity index (χ2v) is 9.69. The van der Waals surface area contributed by atoms with Gasteiger partial charge in [-0.15, -0.1) is 11.3 Å². The highest BCUT2D eigenvalue weighted by atomic mass is 32.2. The number of sulfonamides is 1. The topological polar surface area (TPSA) is 101 Å². The van der Waals surface area contributed by atoms with Crippen molar-refractivity contribution in [2.24, 2.45) is 11.7 Å². The number of nitrogens with one attached hydrogen (secondary N) is 2. The van der Waals surface area contributed by atoms with Crippen LogP contribution in [0.15, 0.2) is 16.3 Å². The van der Waals surface area contributed by atoms with Crippen LogP contribution in [0.3, 0.4) is 0 Å². The fraction of sp³-hybridized carbons (Fsp3) is 0.667. The summed E-state index contributed by atoms with van der Waals surface area (Å²) in [6.45, 7) is 8.18. The molecule has 0 aliphatic heterocycles. The van der Waals surface area contributed by atoms with E-state index in [0.29, 0.717) is 25.3 Å². The molecule has 1 amide bonds. The maximum absolute atomic E-state index is 12.3. The first kappa shape index (κ1) is 20.1. The number of nitrogens with two attached hydrogens (primary N) is 1. The molecule has 1 aromatic rings. The second-order valence-electron chi connectivity index (χ2n) is 6.61. The molecular weight excluding hydrogens is 334 g/mol. The van der Waals surface area contributed by atoms with Gasteiger partial charge in [0, 0.05) is 29.9 Å². The third-order valence-electron chi connectivity index (χ3n) is 3.11. The summed E-state index contributed by atoms with van der Waals surface area (Å²) in [6.07, 6.45) is 1.12. The fourth-order valence-electron chi connectivity index (χ4n) is 1.86. The van der Waals surface area contributed by atoms with E-state index in [4.69, 9.17) is 5.73 Å². The van der Waals surface area contributed by atoms with Crippen molar-refractivity contribution in [2.75, 3.05) is 13.1 Å². The van der Waals surface area contributed by atoms with Gasteiger partial charge in [-0.1, -0.05) is 13.8 Å². The Kier molecular flexibility index (Phi) is 7.19. The Bertz CT molecular complexity index is 622. The molecular formula is C15H27N3O3S2. The van der Waals surface area contributed by atoms with Crippen molar-refractivity contribution in [3.63, 3.8) is 0 Å². The van der Waals surface area contributed by atoms with Crippen LogP contribution in [0.2, 0.25) is 0 Å².